The lowest BCUT2D eigenvalue weighted by Gasteiger charge is -2.34. The number of piperidine rings is 1. The third-order valence-corrected chi connectivity index (χ3v) is 5.11. The zero-order chi connectivity index (χ0) is 17.1. The topological polar surface area (TPSA) is 65.5 Å². The van der Waals surface area contributed by atoms with E-state index in [-0.39, 0.29) is 17.9 Å². The number of nitrogens with zero attached hydrogens (tertiary/aromatic N) is 3. The molecule has 3 amide bonds. The molecule has 0 unspecified atom stereocenters. The maximum atomic E-state index is 12.6. The van der Waals surface area contributed by atoms with Crippen LogP contribution in [0, 0.1) is 19.8 Å². The summed E-state index contributed by atoms with van der Waals surface area (Å²) in [5.41, 5.74) is 2.68. The van der Waals surface area contributed by atoms with Crippen LogP contribution in [-0.2, 0) is 4.79 Å². The molecule has 0 spiro atoms. The van der Waals surface area contributed by atoms with Crippen molar-refractivity contribution in [3.63, 3.8) is 0 Å². The van der Waals surface area contributed by atoms with Gasteiger partial charge in [-0.3, -0.25) is 9.78 Å². The van der Waals surface area contributed by atoms with Gasteiger partial charge in [-0.2, -0.15) is 0 Å². The van der Waals surface area contributed by atoms with Crippen molar-refractivity contribution < 1.29 is 9.59 Å². The normalized spacial score (nSPS) is 18.8. The molecule has 2 aliphatic rings. The lowest BCUT2D eigenvalue weighted by atomic mass is 9.95. The van der Waals surface area contributed by atoms with Gasteiger partial charge in [0.1, 0.15) is 0 Å². The van der Waals surface area contributed by atoms with Crippen molar-refractivity contribution >= 4 is 17.6 Å². The highest BCUT2D eigenvalue weighted by atomic mass is 16.2. The van der Waals surface area contributed by atoms with Gasteiger partial charge in [-0.05, 0) is 51.2 Å². The van der Waals surface area contributed by atoms with Crippen LogP contribution in [0.2, 0.25) is 0 Å². The van der Waals surface area contributed by atoms with Crippen LogP contribution in [0.4, 0.5) is 10.5 Å². The molecule has 24 heavy (non-hydrogen) atoms. The standard InChI is InChI=1S/C18H26N4O2/c1-13-5-8-19-14(2)16(13)20-17(23)15-6-11-22(12-7-15)18(24)21-9-3-4-10-21/h5,8,15H,3-4,6-7,9-12H2,1-2H3,(H,20,23). The first-order valence-corrected chi connectivity index (χ1v) is 8.83. The number of nitrogens with one attached hydrogen (secondary N) is 1. The minimum Gasteiger partial charge on any atom is -0.325 e. The fourth-order valence-corrected chi connectivity index (χ4v) is 3.55. The van der Waals surface area contributed by atoms with Crippen LogP contribution < -0.4 is 5.32 Å². The lowest BCUT2D eigenvalue weighted by molar-refractivity contribution is -0.121. The van der Waals surface area contributed by atoms with E-state index in [9.17, 15) is 9.59 Å². The van der Waals surface area contributed by atoms with Crippen LogP contribution in [0.3, 0.4) is 0 Å². The minimum atomic E-state index is -0.0355. The van der Waals surface area contributed by atoms with Crippen molar-refractivity contribution in [2.45, 2.75) is 39.5 Å². The zero-order valence-electron chi connectivity index (χ0n) is 14.5. The zero-order valence-corrected chi connectivity index (χ0v) is 14.5. The lowest BCUT2D eigenvalue weighted by Crippen LogP contribution is -2.47. The van der Waals surface area contributed by atoms with Crippen molar-refractivity contribution in [2.75, 3.05) is 31.5 Å². The number of hydrogen-bond donors (Lipinski definition) is 1. The predicted octanol–water partition coefficient (Wildman–Crippen LogP) is 2.56. The number of anilines is 1. The number of rotatable bonds is 2. The van der Waals surface area contributed by atoms with Crippen molar-refractivity contribution in [3.8, 4) is 0 Å². The molecule has 0 aliphatic carbocycles. The van der Waals surface area contributed by atoms with E-state index in [4.69, 9.17) is 0 Å². The third-order valence-electron chi connectivity index (χ3n) is 5.11. The largest absolute Gasteiger partial charge is 0.325 e. The third kappa shape index (κ3) is 3.52. The number of carbonyl (C=O) groups is 2. The molecule has 3 rings (SSSR count). The van der Waals surface area contributed by atoms with Gasteiger partial charge in [0.2, 0.25) is 5.91 Å². The van der Waals surface area contributed by atoms with Crippen LogP contribution in [-0.4, -0.2) is 52.9 Å². The summed E-state index contributed by atoms with van der Waals surface area (Å²) in [5.74, 6) is 0.00843. The van der Waals surface area contributed by atoms with E-state index < -0.39 is 0 Å². The van der Waals surface area contributed by atoms with E-state index in [1.807, 2.05) is 29.7 Å². The van der Waals surface area contributed by atoms with Crippen molar-refractivity contribution in [3.05, 3.63) is 23.5 Å². The van der Waals surface area contributed by atoms with E-state index in [2.05, 4.69) is 10.3 Å². The van der Waals surface area contributed by atoms with Gasteiger partial charge in [0.15, 0.2) is 0 Å². The second kappa shape index (κ2) is 7.20. The summed E-state index contributed by atoms with van der Waals surface area (Å²) in [7, 11) is 0. The molecule has 0 atom stereocenters. The number of likely N-dealkylation sites (tertiary alicyclic amines) is 2. The molecule has 3 heterocycles. The van der Waals surface area contributed by atoms with Crippen LogP contribution >= 0.6 is 0 Å². The minimum absolute atomic E-state index is 0.0355. The van der Waals surface area contributed by atoms with Crippen molar-refractivity contribution in [1.82, 2.24) is 14.8 Å². The van der Waals surface area contributed by atoms with Crippen molar-refractivity contribution in [1.29, 1.82) is 0 Å². The Hall–Kier alpha value is -2.11. The number of pyridine rings is 1. The van der Waals surface area contributed by atoms with Gasteiger partial charge >= 0.3 is 6.03 Å². The number of urea groups is 1. The van der Waals surface area contributed by atoms with E-state index >= 15 is 0 Å². The number of carbonyl (C=O) groups excluding carboxylic acids is 2. The molecule has 6 nitrogen and oxygen atoms in total. The Morgan fingerprint density at radius 3 is 2.33 bits per heavy atom. The van der Waals surface area contributed by atoms with Gasteiger partial charge in [-0.15, -0.1) is 0 Å². The van der Waals surface area contributed by atoms with Gasteiger partial charge in [-0.25, -0.2) is 4.79 Å². The second-order valence-corrected chi connectivity index (χ2v) is 6.82. The number of aromatic nitrogens is 1. The van der Waals surface area contributed by atoms with E-state index in [0.717, 1.165) is 55.7 Å². The summed E-state index contributed by atoms with van der Waals surface area (Å²) >= 11 is 0. The van der Waals surface area contributed by atoms with Gasteiger partial charge in [0.05, 0.1) is 11.4 Å². The summed E-state index contributed by atoms with van der Waals surface area (Å²) in [6, 6.07) is 2.05. The quantitative estimate of drug-likeness (QED) is 0.906. The molecule has 0 saturated carbocycles. The molecule has 130 valence electrons. The van der Waals surface area contributed by atoms with Gasteiger partial charge in [0.25, 0.3) is 0 Å². The summed E-state index contributed by atoms with van der Waals surface area (Å²) < 4.78 is 0. The summed E-state index contributed by atoms with van der Waals surface area (Å²) in [6.07, 6.45) is 5.42. The van der Waals surface area contributed by atoms with E-state index in [1.54, 1.807) is 6.20 Å². The Balaban J connectivity index is 1.54. The highest BCUT2D eigenvalue weighted by molar-refractivity contribution is 5.94. The first kappa shape index (κ1) is 16.7. The molecule has 1 aromatic rings. The molecule has 1 aromatic heterocycles. The number of hydrogen-bond acceptors (Lipinski definition) is 3. The van der Waals surface area contributed by atoms with Gasteiger partial charge in [0, 0.05) is 38.3 Å². The fourth-order valence-electron chi connectivity index (χ4n) is 3.55. The summed E-state index contributed by atoms with van der Waals surface area (Å²) in [5, 5.41) is 3.03. The molecule has 0 aromatic carbocycles. The maximum Gasteiger partial charge on any atom is 0.319 e. The average Bonchev–Trinajstić information content (AvgIpc) is 3.12. The average molecular weight is 330 g/mol. The SMILES string of the molecule is Cc1ccnc(C)c1NC(=O)C1CCN(C(=O)N2CCCC2)CC1. The highest BCUT2D eigenvalue weighted by Gasteiger charge is 2.30. The monoisotopic (exact) mass is 330 g/mol. The van der Waals surface area contributed by atoms with Gasteiger partial charge in [-0.1, -0.05) is 0 Å². The Morgan fingerprint density at radius 2 is 1.71 bits per heavy atom. The second-order valence-electron chi connectivity index (χ2n) is 6.82. The Morgan fingerprint density at radius 1 is 1.08 bits per heavy atom. The van der Waals surface area contributed by atoms with Crippen LogP contribution in [0.25, 0.3) is 0 Å². The molecule has 0 bridgehead atoms. The molecular formula is C18H26N4O2. The maximum absolute atomic E-state index is 12.6. The van der Waals surface area contributed by atoms with Gasteiger partial charge < -0.3 is 15.1 Å². The van der Waals surface area contributed by atoms with E-state index in [0.29, 0.717) is 13.1 Å². The number of amides is 3. The molecule has 2 saturated heterocycles. The smallest absolute Gasteiger partial charge is 0.319 e. The molecule has 1 N–H and O–H groups in total. The first-order valence-electron chi connectivity index (χ1n) is 8.83. The molecule has 2 aliphatic heterocycles. The summed E-state index contributed by atoms with van der Waals surface area (Å²) in [6.45, 7) is 6.95. The van der Waals surface area contributed by atoms with Crippen LogP contribution in [0.5, 0.6) is 0 Å². The molecule has 6 heteroatoms. The summed E-state index contributed by atoms with van der Waals surface area (Å²) in [4.78, 5) is 33.0. The number of aryl methyl sites for hydroxylation is 2. The van der Waals surface area contributed by atoms with E-state index in [1.165, 1.54) is 0 Å². The Bertz CT molecular complexity index is 597. The van der Waals surface area contributed by atoms with Crippen LogP contribution in [0.1, 0.15) is 36.9 Å². The first-order chi connectivity index (χ1) is 11.6. The highest BCUT2D eigenvalue weighted by Crippen LogP contribution is 2.23. The molecule has 0 radical (unpaired) electrons. The Kier molecular flexibility index (Phi) is 5.02. The molecule has 2 fully saturated rings. The molecular weight excluding hydrogens is 304 g/mol. The van der Waals surface area contributed by atoms with Crippen LogP contribution in [0.15, 0.2) is 12.3 Å². The fraction of sp³-hybridized carbons (Fsp3) is 0.611. The van der Waals surface area contributed by atoms with Crippen molar-refractivity contribution in [2.24, 2.45) is 5.92 Å². The predicted molar refractivity (Wildman–Crippen MR) is 92.8 cm³/mol. The Labute approximate surface area is 143 Å².